The van der Waals surface area contributed by atoms with Gasteiger partial charge in [-0.25, -0.2) is 0 Å². The molecule has 1 fully saturated rings. The van der Waals surface area contributed by atoms with Gasteiger partial charge in [0.05, 0.1) is 24.7 Å². The van der Waals surface area contributed by atoms with Crippen LogP contribution < -0.4 is 4.90 Å². The molecule has 2 heterocycles. The molecule has 4 rings (SSSR count). The van der Waals surface area contributed by atoms with Crippen LogP contribution >= 0.6 is 11.8 Å². The van der Waals surface area contributed by atoms with E-state index in [9.17, 15) is 4.79 Å². The Morgan fingerprint density at radius 1 is 1.03 bits per heavy atom. The Kier molecular flexibility index (Phi) is 6.20. The molecular weight excluding hydrogens is 396 g/mol. The molecule has 0 unspecified atom stereocenters. The van der Waals surface area contributed by atoms with Crippen molar-refractivity contribution in [1.29, 1.82) is 0 Å². The van der Waals surface area contributed by atoms with Crippen molar-refractivity contribution >= 4 is 23.5 Å². The van der Waals surface area contributed by atoms with Gasteiger partial charge in [0, 0.05) is 18.7 Å². The maximum Gasteiger partial charge on any atom is 0.232 e. The first-order valence-corrected chi connectivity index (χ1v) is 11.1. The van der Waals surface area contributed by atoms with E-state index in [1.807, 2.05) is 31.2 Å². The van der Waals surface area contributed by atoms with Crippen LogP contribution in [0.1, 0.15) is 27.0 Å². The van der Waals surface area contributed by atoms with Crippen molar-refractivity contribution in [2.45, 2.75) is 25.9 Å². The molecule has 2 aromatic carbocycles. The van der Waals surface area contributed by atoms with Gasteiger partial charge in [-0.05, 0) is 55.7 Å². The highest BCUT2D eigenvalue weighted by molar-refractivity contribution is 7.99. The molecule has 0 aliphatic carbocycles. The van der Waals surface area contributed by atoms with Crippen LogP contribution in [-0.2, 0) is 4.74 Å². The van der Waals surface area contributed by atoms with E-state index in [4.69, 9.17) is 4.74 Å². The van der Waals surface area contributed by atoms with Crippen molar-refractivity contribution in [1.82, 2.24) is 14.8 Å². The largest absolute Gasteiger partial charge is 0.378 e. The van der Waals surface area contributed by atoms with E-state index in [-0.39, 0.29) is 5.78 Å². The number of aryl methyl sites for hydroxylation is 3. The van der Waals surface area contributed by atoms with Crippen molar-refractivity contribution in [2.75, 3.05) is 37.0 Å². The minimum absolute atomic E-state index is 0.0924. The van der Waals surface area contributed by atoms with Crippen LogP contribution in [0.15, 0.2) is 47.6 Å². The SMILES string of the molecule is Cc1cccc(-n2c(SCC(=O)c3ccc(C)c(C)c3)nnc2N2CCOCC2)c1. The van der Waals surface area contributed by atoms with Gasteiger partial charge in [-0.3, -0.25) is 9.36 Å². The lowest BCUT2D eigenvalue weighted by atomic mass is 10.0. The van der Waals surface area contributed by atoms with Crippen LogP contribution in [0.25, 0.3) is 5.69 Å². The standard InChI is InChI=1S/C23H26N4O2S/c1-16-5-4-6-20(13-16)27-22(26-9-11-29-12-10-26)24-25-23(27)30-15-21(28)19-8-7-17(2)18(3)14-19/h4-8,13-14H,9-12,15H2,1-3H3. The molecule has 0 amide bonds. The summed E-state index contributed by atoms with van der Waals surface area (Å²) in [4.78, 5) is 15.0. The number of nitrogens with zero attached hydrogens (tertiary/aromatic N) is 4. The second-order valence-electron chi connectivity index (χ2n) is 7.57. The number of carbonyl (C=O) groups is 1. The third kappa shape index (κ3) is 4.42. The second-order valence-corrected chi connectivity index (χ2v) is 8.51. The minimum Gasteiger partial charge on any atom is -0.378 e. The van der Waals surface area contributed by atoms with E-state index in [0.717, 1.165) is 46.6 Å². The number of carbonyl (C=O) groups excluding carboxylic acids is 1. The van der Waals surface area contributed by atoms with Crippen LogP contribution in [-0.4, -0.2) is 52.6 Å². The van der Waals surface area contributed by atoms with E-state index >= 15 is 0 Å². The zero-order chi connectivity index (χ0) is 21.1. The summed E-state index contributed by atoms with van der Waals surface area (Å²) in [5.74, 6) is 1.20. The zero-order valence-corrected chi connectivity index (χ0v) is 18.4. The zero-order valence-electron chi connectivity index (χ0n) is 17.6. The molecule has 0 N–H and O–H groups in total. The van der Waals surface area contributed by atoms with Gasteiger partial charge in [0.15, 0.2) is 10.9 Å². The Hall–Kier alpha value is -2.64. The number of benzene rings is 2. The second kappa shape index (κ2) is 9.02. The first-order valence-electron chi connectivity index (χ1n) is 10.1. The summed E-state index contributed by atoms with van der Waals surface area (Å²) in [6.45, 7) is 9.05. The monoisotopic (exact) mass is 422 g/mol. The minimum atomic E-state index is 0.0924. The molecule has 3 aromatic rings. The molecule has 6 nitrogen and oxygen atoms in total. The first kappa shape index (κ1) is 20.6. The molecule has 1 saturated heterocycles. The Morgan fingerprint density at radius 3 is 2.57 bits per heavy atom. The van der Waals surface area contributed by atoms with Crippen molar-refractivity contribution in [3.8, 4) is 5.69 Å². The Balaban J connectivity index is 1.61. The van der Waals surface area contributed by atoms with E-state index in [2.05, 4.69) is 51.7 Å². The summed E-state index contributed by atoms with van der Waals surface area (Å²) >= 11 is 1.43. The number of ether oxygens (including phenoxy) is 1. The number of thioether (sulfide) groups is 1. The molecule has 0 atom stereocenters. The predicted molar refractivity (Wildman–Crippen MR) is 120 cm³/mol. The number of hydrogen-bond acceptors (Lipinski definition) is 6. The lowest BCUT2D eigenvalue weighted by Gasteiger charge is -2.28. The number of rotatable bonds is 6. The molecule has 156 valence electrons. The Morgan fingerprint density at radius 2 is 1.83 bits per heavy atom. The number of ketones is 1. The molecule has 0 radical (unpaired) electrons. The fourth-order valence-electron chi connectivity index (χ4n) is 3.45. The number of aromatic nitrogens is 3. The fraction of sp³-hybridized carbons (Fsp3) is 0.348. The van der Waals surface area contributed by atoms with Crippen LogP contribution in [0, 0.1) is 20.8 Å². The summed E-state index contributed by atoms with van der Waals surface area (Å²) in [6, 6.07) is 14.1. The number of Topliss-reactive ketones (excluding diaryl/α,β-unsaturated/α-hetero) is 1. The topological polar surface area (TPSA) is 60.2 Å². The highest BCUT2D eigenvalue weighted by Gasteiger charge is 2.22. The average molecular weight is 423 g/mol. The number of morpholine rings is 1. The van der Waals surface area contributed by atoms with Gasteiger partial charge >= 0.3 is 0 Å². The van der Waals surface area contributed by atoms with E-state index in [0.29, 0.717) is 19.0 Å². The molecule has 0 spiro atoms. The fourth-order valence-corrected chi connectivity index (χ4v) is 4.29. The van der Waals surface area contributed by atoms with Gasteiger partial charge in [-0.15, -0.1) is 10.2 Å². The van der Waals surface area contributed by atoms with Gasteiger partial charge in [0.25, 0.3) is 0 Å². The average Bonchev–Trinajstić information content (AvgIpc) is 3.18. The summed E-state index contributed by atoms with van der Waals surface area (Å²) in [5.41, 5.74) is 5.22. The van der Waals surface area contributed by atoms with Crippen LogP contribution in [0.2, 0.25) is 0 Å². The third-order valence-electron chi connectivity index (χ3n) is 5.33. The summed E-state index contributed by atoms with van der Waals surface area (Å²) in [6.07, 6.45) is 0. The number of hydrogen-bond donors (Lipinski definition) is 0. The Labute approximate surface area is 181 Å². The summed E-state index contributed by atoms with van der Waals surface area (Å²) in [7, 11) is 0. The molecule has 0 bridgehead atoms. The molecular formula is C23H26N4O2S. The highest BCUT2D eigenvalue weighted by Crippen LogP contribution is 2.28. The highest BCUT2D eigenvalue weighted by atomic mass is 32.2. The van der Waals surface area contributed by atoms with Gasteiger partial charge in [0.1, 0.15) is 0 Å². The normalized spacial score (nSPS) is 14.2. The quantitative estimate of drug-likeness (QED) is 0.442. The molecule has 0 saturated carbocycles. The first-order chi connectivity index (χ1) is 14.5. The van der Waals surface area contributed by atoms with Crippen molar-refractivity contribution in [2.24, 2.45) is 0 Å². The van der Waals surface area contributed by atoms with Gasteiger partial charge < -0.3 is 9.64 Å². The maximum absolute atomic E-state index is 12.8. The maximum atomic E-state index is 12.8. The lowest BCUT2D eigenvalue weighted by Crippen LogP contribution is -2.37. The predicted octanol–water partition coefficient (Wildman–Crippen LogP) is 4.00. The van der Waals surface area contributed by atoms with Gasteiger partial charge in [-0.2, -0.15) is 0 Å². The molecule has 1 aromatic heterocycles. The van der Waals surface area contributed by atoms with Gasteiger partial charge in [-0.1, -0.05) is 36.0 Å². The van der Waals surface area contributed by atoms with Crippen molar-refractivity contribution in [3.05, 3.63) is 64.7 Å². The van der Waals surface area contributed by atoms with Crippen LogP contribution in [0.5, 0.6) is 0 Å². The Bertz CT molecular complexity index is 1060. The van der Waals surface area contributed by atoms with Crippen molar-refractivity contribution < 1.29 is 9.53 Å². The molecule has 30 heavy (non-hydrogen) atoms. The van der Waals surface area contributed by atoms with E-state index in [1.54, 1.807) is 0 Å². The van der Waals surface area contributed by atoms with Gasteiger partial charge in [0.2, 0.25) is 5.95 Å². The van der Waals surface area contributed by atoms with E-state index in [1.165, 1.54) is 17.3 Å². The smallest absolute Gasteiger partial charge is 0.232 e. The molecule has 7 heteroatoms. The lowest BCUT2D eigenvalue weighted by molar-refractivity contribution is 0.102. The summed E-state index contributed by atoms with van der Waals surface area (Å²) in [5, 5.41) is 9.63. The summed E-state index contributed by atoms with van der Waals surface area (Å²) < 4.78 is 7.54. The third-order valence-corrected chi connectivity index (χ3v) is 6.26. The molecule has 1 aliphatic heterocycles. The number of anilines is 1. The van der Waals surface area contributed by atoms with Crippen molar-refractivity contribution in [3.63, 3.8) is 0 Å². The van der Waals surface area contributed by atoms with Crippen LogP contribution in [0.4, 0.5) is 5.95 Å². The van der Waals surface area contributed by atoms with Crippen LogP contribution in [0.3, 0.4) is 0 Å². The molecule has 1 aliphatic rings. The van der Waals surface area contributed by atoms with E-state index < -0.39 is 0 Å².